The molecule has 0 bridgehead atoms. The summed E-state index contributed by atoms with van der Waals surface area (Å²) in [7, 11) is 2.55. The number of ether oxygens (including phenoxy) is 2. The van der Waals surface area contributed by atoms with Gasteiger partial charge in [0.1, 0.15) is 0 Å². The summed E-state index contributed by atoms with van der Waals surface area (Å²) >= 11 is 1.36. The van der Waals surface area contributed by atoms with Gasteiger partial charge >= 0.3 is 12.1 Å². The van der Waals surface area contributed by atoms with Gasteiger partial charge in [-0.15, -0.1) is 11.3 Å². The van der Waals surface area contributed by atoms with E-state index >= 15 is 0 Å². The summed E-state index contributed by atoms with van der Waals surface area (Å²) in [6, 6.07) is 0. The molecule has 1 N–H and O–H groups in total. The average Bonchev–Trinajstić information content (AvgIpc) is 2.58. The van der Waals surface area contributed by atoms with Crippen molar-refractivity contribution in [2.24, 2.45) is 0 Å². The quantitative estimate of drug-likeness (QED) is 0.788. The highest BCUT2D eigenvalue weighted by Gasteiger charge is 2.18. The van der Waals surface area contributed by atoms with Crippen LogP contribution in [0.1, 0.15) is 15.2 Å². The normalized spacial score (nSPS) is 9.53. The Hall–Kier alpha value is -1.56. The van der Waals surface area contributed by atoms with Crippen LogP contribution >= 0.6 is 11.3 Å². The van der Waals surface area contributed by atoms with E-state index in [2.05, 4.69) is 14.8 Å². The second-order valence-corrected chi connectivity index (χ2v) is 3.77. The lowest BCUT2D eigenvalue weighted by molar-refractivity contribution is 0.0602. The number of esters is 1. The summed E-state index contributed by atoms with van der Waals surface area (Å²) in [5.41, 5.74) is 0.782. The molecule has 0 aliphatic rings. The van der Waals surface area contributed by atoms with Crippen molar-refractivity contribution in [3.8, 4) is 0 Å². The van der Waals surface area contributed by atoms with Crippen molar-refractivity contribution < 1.29 is 19.1 Å². The fourth-order valence-electron chi connectivity index (χ4n) is 1.06. The molecule has 0 radical (unpaired) electrons. The van der Waals surface area contributed by atoms with Crippen molar-refractivity contribution in [3.05, 3.63) is 15.8 Å². The van der Waals surface area contributed by atoms with Gasteiger partial charge in [0.25, 0.3) is 0 Å². The first kappa shape index (κ1) is 11.5. The highest BCUT2D eigenvalue weighted by Crippen LogP contribution is 2.27. The SMILES string of the molecule is COC(=O)Nc1csc(C)c1C(=O)OC. The molecule has 0 atom stereocenters. The fraction of sp³-hybridized carbons (Fsp3) is 0.333. The van der Waals surface area contributed by atoms with Gasteiger partial charge in [-0.2, -0.15) is 0 Å². The van der Waals surface area contributed by atoms with Gasteiger partial charge in [0.2, 0.25) is 0 Å². The van der Waals surface area contributed by atoms with Gasteiger partial charge in [0.05, 0.1) is 25.5 Å². The molecule has 82 valence electrons. The summed E-state index contributed by atoms with van der Waals surface area (Å²) in [6.45, 7) is 1.78. The second kappa shape index (κ2) is 4.79. The predicted octanol–water partition coefficient (Wildman–Crippen LogP) is 2.02. The van der Waals surface area contributed by atoms with Gasteiger partial charge < -0.3 is 9.47 Å². The van der Waals surface area contributed by atoms with Crippen LogP contribution in [-0.4, -0.2) is 26.3 Å². The van der Waals surface area contributed by atoms with E-state index in [1.54, 1.807) is 12.3 Å². The van der Waals surface area contributed by atoms with Gasteiger partial charge in [-0.25, -0.2) is 9.59 Å². The molecule has 0 saturated heterocycles. The third kappa shape index (κ3) is 2.47. The summed E-state index contributed by atoms with van der Waals surface area (Å²) in [6.07, 6.45) is -0.613. The minimum atomic E-state index is -0.613. The number of amides is 1. The molecule has 1 rings (SSSR count). The van der Waals surface area contributed by atoms with Crippen molar-refractivity contribution in [1.82, 2.24) is 0 Å². The predicted molar refractivity (Wildman–Crippen MR) is 56.4 cm³/mol. The topological polar surface area (TPSA) is 64.6 Å². The molecule has 1 aromatic heterocycles. The van der Waals surface area contributed by atoms with Crippen LogP contribution in [0.2, 0.25) is 0 Å². The molecule has 0 spiro atoms. The number of aryl methyl sites for hydroxylation is 1. The number of hydrogen-bond acceptors (Lipinski definition) is 5. The van der Waals surface area contributed by atoms with Crippen LogP contribution in [0.25, 0.3) is 0 Å². The lowest BCUT2D eigenvalue weighted by Gasteiger charge is -2.04. The van der Waals surface area contributed by atoms with E-state index in [0.717, 1.165) is 4.88 Å². The lowest BCUT2D eigenvalue weighted by Crippen LogP contribution is -2.14. The monoisotopic (exact) mass is 229 g/mol. The van der Waals surface area contributed by atoms with E-state index in [0.29, 0.717) is 11.3 Å². The van der Waals surface area contributed by atoms with E-state index in [1.165, 1.54) is 25.6 Å². The van der Waals surface area contributed by atoms with Crippen LogP contribution in [0.15, 0.2) is 5.38 Å². The van der Waals surface area contributed by atoms with Crippen LogP contribution < -0.4 is 5.32 Å². The Kier molecular flexibility index (Phi) is 3.68. The van der Waals surface area contributed by atoms with Crippen LogP contribution in [-0.2, 0) is 9.47 Å². The molecule has 15 heavy (non-hydrogen) atoms. The van der Waals surface area contributed by atoms with E-state index in [9.17, 15) is 9.59 Å². The smallest absolute Gasteiger partial charge is 0.411 e. The molecule has 0 aromatic carbocycles. The number of thiophene rings is 1. The zero-order chi connectivity index (χ0) is 11.4. The second-order valence-electron chi connectivity index (χ2n) is 2.69. The number of carbonyl (C=O) groups is 2. The third-order valence-electron chi connectivity index (χ3n) is 1.79. The Morgan fingerprint density at radius 3 is 2.53 bits per heavy atom. The number of methoxy groups -OCH3 is 2. The molecule has 6 heteroatoms. The first-order valence-corrected chi connectivity index (χ1v) is 4.99. The molecular formula is C9H11NO4S. The maximum atomic E-state index is 11.4. The molecule has 0 aliphatic heterocycles. The molecule has 5 nitrogen and oxygen atoms in total. The van der Waals surface area contributed by atoms with Crippen LogP contribution in [0.3, 0.4) is 0 Å². The Labute approximate surface area is 91.0 Å². The standard InChI is InChI=1S/C9H11NO4S/c1-5-7(8(11)13-2)6(4-15-5)10-9(12)14-3/h4H,1-3H3,(H,10,12). The third-order valence-corrected chi connectivity index (χ3v) is 2.70. The van der Waals surface area contributed by atoms with Gasteiger partial charge in [-0.1, -0.05) is 0 Å². The zero-order valence-corrected chi connectivity index (χ0v) is 9.44. The summed E-state index contributed by atoms with van der Waals surface area (Å²) < 4.78 is 9.04. The summed E-state index contributed by atoms with van der Waals surface area (Å²) in [4.78, 5) is 23.1. The van der Waals surface area contributed by atoms with E-state index < -0.39 is 12.1 Å². The van der Waals surface area contributed by atoms with Crippen LogP contribution in [0.4, 0.5) is 10.5 Å². The average molecular weight is 229 g/mol. The minimum Gasteiger partial charge on any atom is -0.465 e. The van der Waals surface area contributed by atoms with E-state index in [1.807, 2.05) is 0 Å². The van der Waals surface area contributed by atoms with E-state index in [4.69, 9.17) is 0 Å². The number of hydrogen-bond donors (Lipinski definition) is 1. The number of nitrogens with one attached hydrogen (secondary N) is 1. The Balaban J connectivity index is 2.98. The highest BCUT2D eigenvalue weighted by molar-refractivity contribution is 7.10. The molecule has 0 unspecified atom stereocenters. The number of carbonyl (C=O) groups excluding carboxylic acids is 2. The lowest BCUT2D eigenvalue weighted by atomic mass is 10.2. The summed E-state index contributed by atoms with van der Waals surface area (Å²) in [5.74, 6) is -0.472. The zero-order valence-electron chi connectivity index (χ0n) is 8.62. The van der Waals surface area contributed by atoms with Crippen LogP contribution in [0.5, 0.6) is 0 Å². The molecule has 1 aromatic rings. The van der Waals surface area contributed by atoms with Crippen molar-refractivity contribution in [3.63, 3.8) is 0 Å². The number of anilines is 1. The molecule has 1 heterocycles. The molecule has 0 saturated carbocycles. The maximum Gasteiger partial charge on any atom is 0.411 e. The molecular weight excluding hydrogens is 218 g/mol. The first-order chi connectivity index (χ1) is 7.10. The van der Waals surface area contributed by atoms with Gasteiger partial charge in [0, 0.05) is 10.3 Å². The van der Waals surface area contributed by atoms with Gasteiger partial charge in [-0.05, 0) is 6.92 Å². The maximum absolute atomic E-state index is 11.4. The van der Waals surface area contributed by atoms with Crippen LogP contribution in [0, 0.1) is 6.92 Å². The summed E-state index contributed by atoms with van der Waals surface area (Å²) in [5, 5.41) is 4.11. The minimum absolute atomic E-state index is 0.368. The van der Waals surface area contributed by atoms with Crippen molar-refractivity contribution >= 4 is 29.1 Å². The Morgan fingerprint density at radius 1 is 1.33 bits per heavy atom. The van der Waals surface area contributed by atoms with Crippen molar-refractivity contribution in [2.75, 3.05) is 19.5 Å². The Morgan fingerprint density at radius 2 is 2.00 bits per heavy atom. The van der Waals surface area contributed by atoms with E-state index in [-0.39, 0.29) is 0 Å². The highest BCUT2D eigenvalue weighted by atomic mass is 32.1. The van der Waals surface area contributed by atoms with Gasteiger partial charge in [-0.3, -0.25) is 5.32 Å². The van der Waals surface area contributed by atoms with Gasteiger partial charge in [0.15, 0.2) is 0 Å². The number of rotatable bonds is 2. The first-order valence-electron chi connectivity index (χ1n) is 4.11. The molecule has 0 fully saturated rings. The Bertz CT molecular complexity index is 385. The van der Waals surface area contributed by atoms with Crippen molar-refractivity contribution in [1.29, 1.82) is 0 Å². The van der Waals surface area contributed by atoms with Crippen molar-refractivity contribution in [2.45, 2.75) is 6.92 Å². The molecule has 1 amide bonds. The molecule has 0 aliphatic carbocycles. The largest absolute Gasteiger partial charge is 0.465 e. The fourth-order valence-corrected chi connectivity index (χ4v) is 1.85.